The summed E-state index contributed by atoms with van der Waals surface area (Å²) in [7, 11) is 1.97. The summed E-state index contributed by atoms with van der Waals surface area (Å²) in [5.41, 5.74) is 2.22. The smallest absolute Gasteiger partial charge is 0.151 e. The summed E-state index contributed by atoms with van der Waals surface area (Å²) in [4.78, 5) is 6.50. The van der Waals surface area contributed by atoms with Crippen LogP contribution in [0.25, 0.3) is 0 Å². The van der Waals surface area contributed by atoms with Gasteiger partial charge in [0.1, 0.15) is 0 Å². The van der Waals surface area contributed by atoms with Crippen LogP contribution in [0.4, 0.5) is 11.5 Å². The van der Waals surface area contributed by atoms with Crippen molar-refractivity contribution >= 4 is 23.1 Å². The van der Waals surface area contributed by atoms with Crippen molar-refractivity contribution in [1.82, 2.24) is 10.3 Å². The molecule has 0 spiro atoms. The molecule has 21 heavy (non-hydrogen) atoms. The van der Waals surface area contributed by atoms with Crippen LogP contribution in [0.3, 0.4) is 0 Å². The van der Waals surface area contributed by atoms with E-state index >= 15 is 0 Å². The number of halogens is 1. The van der Waals surface area contributed by atoms with E-state index < -0.39 is 0 Å². The molecular formula is C17H22ClN3. The molecule has 1 aromatic heterocycles. The number of hydrogen-bond acceptors (Lipinski definition) is 3. The van der Waals surface area contributed by atoms with Crippen LogP contribution >= 0.6 is 11.6 Å². The first-order valence-corrected chi connectivity index (χ1v) is 7.43. The van der Waals surface area contributed by atoms with Crippen LogP contribution in [0.5, 0.6) is 0 Å². The van der Waals surface area contributed by atoms with Gasteiger partial charge in [-0.15, -0.1) is 0 Å². The van der Waals surface area contributed by atoms with Crippen LogP contribution in [0.15, 0.2) is 42.6 Å². The highest BCUT2D eigenvalue weighted by molar-refractivity contribution is 6.33. The minimum absolute atomic E-state index is 0.0754. The highest BCUT2D eigenvalue weighted by Crippen LogP contribution is 2.28. The summed E-state index contributed by atoms with van der Waals surface area (Å²) in [6, 6.07) is 12.0. The molecule has 0 aliphatic heterocycles. The van der Waals surface area contributed by atoms with Crippen LogP contribution in [0.1, 0.15) is 26.3 Å². The maximum absolute atomic E-state index is 6.39. The van der Waals surface area contributed by atoms with Gasteiger partial charge in [0.25, 0.3) is 0 Å². The average Bonchev–Trinajstić information content (AvgIpc) is 2.45. The fourth-order valence-corrected chi connectivity index (χ4v) is 2.27. The van der Waals surface area contributed by atoms with Crippen molar-refractivity contribution in [3.8, 4) is 0 Å². The number of pyridine rings is 1. The molecule has 0 saturated carbocycles. The molecule has 2 rings (SSSR count). The lowest BCUT2D eigenvalue weighted by molar-refractivity contribution is 0.424. The lowest BCUT2D eigenvalue weighted by atomic mass is 10.1. The van der Waals surface area contributed by atoms with Gasteiger partial charge in [0, 0.05) is 31.0 Å². The lowest BCUT2D eigenvalue weighted by Gasteiger charge is -2.22. The van der Waals surface area contributed by atoms with Crippen LogP contribution in [0, 0.1) is 0 Å². The zero-order chi connectivity index (χ0) is 15.5. The van der Waals surface area contributed by atoms with Gasteiger partial charge in [0.15, 0.2) is 5.82 Å². The number of nitrogens with one attached hydrogen (secondary N) is 1. The van der Waals surface area contributed by atoms with Gasteiger partial charge in [-0.2, -0.15) is 0 Å². The number of para-hydroxylation sites is 1. The van der Waals surface area contributed by atoms with Crippen molar-refractivity contribution in [1.29, 1.82) is 0 Å². The SMILES string of the molecule is CN(c1ccccc1)c1ncc(CNC(C)(C)C)cc1Cl. The van der Waals surface area contributed by atoms with Crippen molar-refractivity contribution in [2.24, 2.45) is 0 Å². The Labute approximate surface area is 132 Å². The molecule has 0 unspecified atom stereocenters. The van der Waals surface area contributed by atoms with Gasteiger partial charge < -0.3 is 10.2 Å². The molecule has 0 radical (unpaired) electrons. The highest BCUT2D eigenvalue weighted by atomic mass is 35.5. The largest absolute Gasteiger partial charge is 0.328 e. The zero-order valence-corrected chi connectivity index (χ0v) is 13.8. The topological polar surface area (TPSA) is 28.2 Å². The first-order chi connectivity index (χ1) is 9.87. The maximum Gasteiger partial charge on any atom is 0.151 e. The van der Waals surface area contributed by atoms with Gasteiger partial charge in [-0.05, 0) is 44.5 Å². The van der Waals surface area contributed by atoms with Gasteiger partial charge in [-0.1, -0.05) is 29.8 Å². The van der Waals surface area contributed by atoms with E-state index in [0.717, 1.165) is 23.6 Å². The third-order valence-corrected chi connectivity index (χ3v) is 3.44. The van der Waals surface area contributed by atoms with Crippen molar-refractivity contribution < 1.29 is 0 Å². The van der Waals surface area contributed by atoms with E-state index in [1.165, 1.54) is 0 Å². The molecule has 0 fully saturated rings. The molecule has 0 amide bonds. The summed E-state index contributed by atoms with van der Waals surface area (Å²) in [6.07, 6.45) is 1.87. The Balaban J connectivity index is 2.16. The fourth-order valence-electron chi connectivity index (χ4n) is 1.95. The second-order valence-electron chi connectivity index (χ2n) is 6.15. The van der Waals surface area contributed by atoms with Crippen LogP contribution in [-0.4, -0.2) is 17.6 Å². The molecule has 1 aromatic carbocycles. The number of rotatable bonds is 4. The Morgan fingerprint density at radius 3 is 2.43 bits per heavy atom. The third kappa shape index (κ3) is 4.45. The quantitative estimate of drug-likeness (QED) is 0.908. The molecule has 2 aromatic rings. The molecule has 0 aliphatic carbocycles. The minimum Gasteiger partial charge on any atom is -0.328 e. The Hall–Kier alpha value is -1.58. The molecule has 1 heterocycles. The van der Waals surface area contributed by atoms with Crippen LogP contribution in [-0.2, 0) is 6.54 Å². The summed E-state index contributed by atoms with van der Waals surface area (Å²) < 4.78 is 0. The standard InChI is InChI=1S/C17H22ClN3/c1-17(2,3)20-12-13-10-15(18)16(19-11-13)21(4)14-8-6-5-7-9-14/h5-11,20H,12H2,1-4H3. The molecule has 112 valence electrons. The Morgan fingerprint density at radius 1 is 1.19 bits per heavy atom. The average molecular weight is 304 g/mol. The second-order valence-corrected chi connectivity index (χ2v) is 6.55. The van der Waals surface area contributed by atoms with E-state index in [0.29, 0.717) is 5.02 Å². The Morgan fingerprint density at radius 2 is 1.86 bits per heavy atom. The molecule has 0 bridgehead atoms. The van der Waals surface area contributed by atoms with Crippen molar-refractivity contribution in [3.63, 3.8) is 0 Å². The van der Waals surface area contributed by atoms with Crippen molar-refractivity contribution in [2.45, 2.75) is 32.9 Å². The molecule has 1 N–H and O–H groups in total. The lowest BCUT2D eigenvalue weighted by Crippen LogP contribution is -2.35. The van der Waals surface area contributed by atoms with E-state index in [9.17, 15) is 0 Å². The van der Waals surface area contributed by atoms with E-state index in [1.807, 2.05) is 54.5 Å². The van der Waals surface area contributed by atoms with Gasteiger partial charge in [-0.25, -0.2) is 4.98 Å². The van der Waals surface area contributed by atoms with E-state index in [-0.39, 0.29) is 5.54 Å². The molecular weight excluding hydrogens is 282 g/mol. The van der Waals surface area contributed by atoms with Crippen LogP contribution in [0.2, 0.25) is 5.02 Å². The molecule has 0 atom stereocenters. The minimum atomic E-state index is 0.0754. The molecule has 0 saturated heterocycles. The zero-order valence-electron chi connectivity index (χ0n) is 13.0. The summed E-state index contributed by atoms with van der Waals surface area (Å²) in [6.45, 7) is 7.17. The second kappa shape index (κ2) is 6.46. The molecule has 0 aliphatic rings. The highest BCUT2D eigenvalue weighted by Gasteiger charge is 2.12. The van der Waals surface area contributed by atoms with Crippen molar-refractivity contribution in [2.75, 3.05) is 11.9 Å². The molecule has 4 heteroatoms. The number of nitrogens with zero attached hydrogens (tertiary/aromatic N) is 2. The van der Waals surface area contributed by atoms with Gasteiger partial charge in [0.2, 0.25) is 0 Å². The van der Waals surface area contributed by atoms with Crippen LogP contribution < -0.4 is 10.2 Å². The van der Waals surface area contributed by atoms with E-state index in [4.69, 9.17) is 11.6 Å². The monoisotopic (exact) mass is 303 g/mol. The van der Waals surface area contributed by atoms with E-state index in [1.54, 1.807) is 0 Å². The maximum atomic E-state index is 6.39. The summed E-state index contributed by atoms with van der Waals surface area (Å²) in [5.74, 6) is 0.766. The summed E-state index contributed by atoms with van der Waals surface area (Å²) >= 11 is 6.39. The predicted molar refractivity (Wildman–Crippen MR) is 90.3 cm³/mol. The molecule has 3 nitrogen and oxygen atoms in total. The Kier molecular flexibility index (Phi) is 4.86. The van der Waals surface area contributed by atoms with E-state index in [2.05, 4.69) is 31.1 Å². The first-order valence-electron chi connectivity index (χ1n) is 7.05. The Bertz CT molecular complexity index is 591. The number of benzene rings is 1. The fraction of sp³-hybridized carbons (Fsp3) is 0.353. The number of hydrogen-bond donors (Lipinski definition) is 1. The first kappa shape index (κ1) is 15.8. The van der Waals surface area contributed by atoms with Crippen molar-refractivity contribution in [3.05, 3.63) is 53.2 Å². The van der Waals surface area contributed by atoms with Gasteiger partial charge in [0.05, 0.1) is 5.02 Å². The predicted octanol–water partition coefficient (Wildman–Crippen LogP) is 4.39. The third-order valence-electron chi connectivity index (χ3n) is 3.16. The van der Waals surface area contributed by atoms with Gasteiger partial charge >= 0.3 is 0 Å². The normalized spacial score (nSPS) is 11.5. The number of anilines is 2. The summed E-state index contributed by atoms with van der Waals surface area (Å²) in [5, 5.41) is 4.10. The van der Waals surface area contributed by atoms with Gasteiger partial charge in [-0.3, -0.25) is 0 Å². The number of aromatic nitrogens is 1.